The summed E-state index contributed by atoms with van der Waals surface area (Å²) in [5, 5.41) is 8.86. The number of hydrogen-bond acceptors (Lipinski definition) is 3. The summed E-state index contributed by atoms with van der Waals surface area (Å²) in [6.07, 6.45) is 4.05. The third kappa shape index (κ3) is 2.81. The van der Waals surface area contributed by atoms with E-state index in [4.69, 9.17) is 5.11 Å². The van der Waals surface area contributed by atoms with Crippen LogP contribution in [0.2, 0.25) is 0 Å². The van der Waals surface area contributed by atoms with Gasteiger partial charge in [0, 0.05) is 6.42 Å². The van der Waals surface area contributed by atoms with E-state index in [-0.39, 0.29) is 6.42 Å². The van der Waals surface area contributed by atoms with E-state index >= 15 is 0 Å². The molecule has 1 rings (SSSR count). The molecule has 0 amide bonds. The van der Waals surface area contributed by atoms with E-state index in [2.05, 4.69) is 0 Å². The third-order valence-corrected chi connectivity index (χ3v) is 2.44. The predicted molar refractivity (Wildman–Crippen MR) is 47.5 cm³/mol. The number of carbonyl (C=O) groups excluding carboxylic acids is 1. The highest BCUT2D eigenvalue weighted by Gasteiger charge is 2.25. The highest BCUT2D eigenvalue weighted by atomic mass is 16.4. The van der Waals surface area contributed by atoms with Gasteiger partial charge in [-0.25, -0.2) is 0 Å². The second-order valence-electron chi connectivity index (χ2n) is 3.35. The minimum atomic E-state index is -0.881. The molecule has 1 saturated heterocycles. The first-order valence-corrected chi connectivity index (χ1v) is 4.66. The SMILES string of the molecule is O=CCC(C(=O)O)N1CCCCC1. The molecule has 74 valence electrons. The van der Waals surface area contributed by atoms with Gasteiger partial charge in [0.15, 0.2) is 0 Å². The van der Waals surface area contributed by atoms with Gasteiger partial charge in [-0.05, 0) is 25.9 Å². The first kappa shape index (κ1) is 10.2. The Morgan fingerprint density at radius 2 is 2.00 bits per heavy atom. The Bertz CT molecular complexity index is 187. The van der Waals surface area contributed by atoms with Crippen LogP contribution in [-0.2, 0) is 9.59 Å². The van der Waals surface area contributed by atoms with Crippen LogP contribution < -0.4 is 0 Å². The zero-order chi connectivity index (χ0) is 9.68. The molecule has 1 aliphatic rings. The van der Waals surface area contributed by atoms with Crippen molar-refractivity contribution in [1.29, 1.82) is 0 Å². The lowest BCUT2D eigenvalue weighted by atomic mass is 10.1. The second-order valence-corrected chi connectivity index (χ2v) is 3.35. The molecule has 0 aromatic heterocycles. The van der Waals surface area contributed by atoms with Crippen molar-refractivity contribution < 1.29 is 14.7 Å². The van der Waals surface area contributed by atoms with Gasteiger partial charge in [-0.15, -0.1) is 0 Å². The van der Waals surface area contributed by atoms with Crippen molar-refractivity contribution in [3.8, 4) is 0 Å². The van der Waals surface area contributed by atoms with Crippen molar-refractivity contribution in [2.75, 3.05) is 13.1 Å². The lowest BCUT2D eigenvalue weighted by Crippen LogP contribution is -2.44. The first-order valence-electron chi connectivity index (χ1n) is 4.66. The first-order chi connectivity index (χ1) is 6.25. The number of likely N-dealkylation sites (tertiary alicyclic amines) is 1. The van der Waals surface area contributed by atoms with Crippen molar-refractivity contribution in [3.05, 3.63) is 0 Å². The molecule has 1 N–H and O–H groups in total. The minimum absolute atomic E-state index is 0.106. The Morgan fingerprint density at radius 3 is 2.46 bits per heavy atom. The van der Waals surface area contributed by atoms with Gasteiger partial charge in [0.25, 0.3) is 0 Å². The fraction of sp³-hybridized carbons (Fsp3) is 0.778. The zero-order valence-corrected chi connectivity index (χ0v) is 7.61. The molecule has 4 nitrogen and oxygen atoms in total. The Kier molecular flexibility index (Phi) is 3.89. The number of carbonyl (C=O) groups is 2. The van der Waals surface area contributed by atoms with Crippen LogP contribution in [0.4, 0.5) is 0 Å². The molecule has 13 heavy (non-hydrogen) atoms. The van der Waals surface area contributed by atoms with Crippen LogP contribution in [-0.4, -0.2) is 41.4 Å². The van der Waals surface area contributed by atoms with Gasteiger partial charge in [0.1, 0.15) is 12.3 Å². The third-order valence-electron chi connectivity index (χ3n) is 2.44. The van der Waals surface area contributed by atoms with Crippen molar-refractivity contribution in [1.82, 2.24) is 4.90 Å². The lowest BCUT2D eigenvalue weighted by Gasteiger charge is -2.30. The molecular weight excluding hydrogens is 170 g/mol. The topological polar surface area (TPSA) is 57.6 Å². The van der Waals surface area contributed by atoms with E-state index in [1.807, 2.05) is 4.90 Å². The van der Waals surface area contributed by atoms with E-state index < -0.39 is 12.0 Å². The number of rotatable bonds is 4. The van der Waals surface area contributed by atoms with Gasteiger partial charge in [-0.3, -0.25) is 9.69 Å². The summed E-state index contributed by atoms with van der Waals surface area (Å²) in [4.78, 5) is 22.9. The molecule has 1 heterocycles. The quantitative estimate of drug-likeness (QED) is 0.648. The van der Waals surface area contributed by atoms with Gasteiger partial charge in [0.2, 0.25) is 0 Å². The van der Waals surface area contributed by atoms with Gasteiger partial charge in [-0.1, -0.05) is 6.42 Å². The van der Waals surface area contributed by atoms with Crippen LogP contribution in [0.1, 0.15) is 25.7 Å². The maximum atomic E-state index is 10.8. The summed E-state index contributed by atoms with van der Waals surface area (Å²) in [7, 11) is 0. The molecule has 1 fully saturated rings. The zero-order valence-electron chi connectivity index (χ0n) is 7.61. The standard InChI is InChI=1S/C9H15NO3/c11-7-4-8(9(12)13)10-5-2-1-3-6-10/h7-8H,1-6H2,(H,12,13). The van der Waals surface area contributed by atoms with Crippen molar-refractivity contribution in [2.45, 2.75) is 31.7 Å². The number of hydrogen-bond donors (Lipinski definition) is 1. The van der Waals surface area contributed by atoms with Crippen molar-refractivity contribution >= 4 is 12.3 Å². The number of nitrogens with zero attached hydrogens (tertiary/aromatic N) is 1. The van der Waals surface area contributed by atoms with Crippen LogP contribution in [0.15, 0.2) is 0 Å². The van der Waals surface area contributed by atoms with Gasteiger partial charge in [0.05, 0.1) is 0 Å². The summed E-state index contributed by atoms with van der Waals surface area (Å²) in [5.41, 5.74) is 0. The van der Waals surface area contributed by atoms with Crippen molar-refractivity contribution in [3.63, 3.8) is 0 Å². The molecule has 0 aromatic rings. The number of carboxylic acids is 1. The summed E-state index contributed by atoms with van der Waals surface area (Å²) < 4.78 is 0. The molecule has 1 unspecified atom stereocenters. The van der Waals surface area contributed by atoms with E-state index in [1.165, 1.54) is 6.42 Å². The van der Waals surface area contributed by atoms with E-state index in [0.717, 1.165) is 25.9 Å². The number of aliphatic carboxylic acids is 1. The molecule has 0 saturated carbocycles. The molecule has 0 radical (unpaired) electrons. The molecule has 4 heteroatoms. The average Bonchev–Trinajstić information content (AvgIpc) is 2.15. The van der Waals surface area contributed by atoms with Crippen LogP contribution in [0, 0.1) is 0 Å². The molecule has 1 atom stereocenters. The normalized spacial score (nSPS) is 20.9. The summed E-state index contributed by atoms with van der Waals surface area (Å²) in [6.45, 7) is 1.62. The number of aldehydes is 1. The molecular formula is C9H15NO3. The number of carboxylic acid groups (broad SMARTS) is 1. The molecule has 0 spiro atoms. The fourth-order valence-corrected chi connectivity index (χ4v) is 1.73. The molecule has 0 aliphatic carbocycles. The largest absolute Gasteiger partial charge is 0.480 e. The van der Waals surface area contributed by atoms with Crippen LogP contribution >= 0.6 is 0 Å². The van der Waals surface area contributed by atoms with Gasteiger partial charge in [-0.2, -0.15) is 0 Å². The highest BCUT2D eigenvalue weighted by Crippen LogP contribution is 2.13. The summed E-state index contributed by atoms with van der Waals surface area (Å²) in [5.74, 6) is -0.881. The van der Waals surface area contributed by atoms with E-state index in [0.29, 0.717) is 6.29 Å². The Hall–Kier alpha value is -0.900. The highest BCUT2D eigenvalue weighted by molar-refractivity contribution is 5.76. The van der Waals surface area contributed by atoms with Crippen molar-refractivity contribution in [2.24, 2.45) is 0 Å². The molecule has 0 bridgehead atoms. The summed E-state index contributed by atoms with van der Waals surface area (Å²) in [6, 6.07) is -0.599. The smallest absolute Gasteiger partial charge is 0.321 e. The van der Waals surface area contributed by atoms with Gasteiger partial charge < -0.3 is 9.90 Å². The minimum Gasteiger partial charge on any atom is -0.480 e. The predicted octanol–water partition coefficient (Wildman–Crippen LogP) is 0.514. The maximum absolute atomic E-state index is 10.8. The number of piperidine rings is 1. The maximum Gasteiger partial charge on any atom is 0.321 e. The Labute approximate surface area is 77.5 Å². The fourth-order valence-electron chi connectivity index (χ4n) is 1.73. The Morgan fingerprint density at radius 1 is 1.38 bits per heavy atom. The van der Waals surface area contributed by atoms with Crippen LogP contribution in [0.3, 0.4) is 0 Å². The lowest BCUT2D eigenvalue weighted by molar-refractivity contribution is -0.144. The molecule has 0 aromatic carbocycles. The van der Waals surface area contributed by atoms with Crippen LogP contribution in [0.5, 0.6) is 0 Å². The van der Waals surface area contributed by atoms with Crippen LogP contribution in [0.25, 0.3) is 0 Å². The Balaban J connectivity index is 2.51. The second kappa shape index (κ2) is 4.97. The van der Waals surface area contributed by atoms with E-state index in [9.17, 15) is 9.59 Å². The monoisotopic (exact) mass is 185 g/mol. The molecule has 1 aliphatic heterocycles. The van der Waals surface area contributed by atoms with Gasteiger partial charge >= 0.3 is 5.97 Å². The average molecular weight is 185 g/mol. The van der Waals surface area contributed by atoms with E-state index in [1.54, 1.807) is 0 Å². The summed E-state index contributed by atoms with van der Waals surface area (Å²) >= 11 is 0.